The lowest BCUT2D eigenvalue weighted by molar-refractivity contribution is 0.183. The molecule has 0 aliphatic rings. The van der Waals surface area contributed by atoms with E-state index in [0.29, 0.717) is 12.0 Å². The van der Waals surface area contributed by atoms with E-state index in [9.17, 15) is 0 Å². The summed E-state index contributed by atoms with van der Waals surface area (Å²) in [7, 11) is 0. The van der Waals surface area contributed by atoms with Crippen molar-refractivity contribution >= 4 is 0 Å². The maximum atomic E-state index is 8.84. The van der Waals surface area contributed by atoms with Crippen LogP contribution in [0.1, 0.15) is 27.7 Å². The maximum Gasteiger partial charge on any atom is 0.0558 e. The minimum Gasteiger partial charge on any atom is -0.395 e. The molecule has 0 aromatic carbocycles. The Bertz CT molecular complexity index is 128. The lowest BCUT2D eigenvalue weighted by Crippen LogP contribution is -2.36. The van der Waals surface area contributed by atoms with Gasteiger partial charge in [0.2, 0.25) is 0 Å². The summed E-state index contributed by atoms with van der Waals surface area (Å²) in [5.41, 5.74) is 0. The summed E-state index contributed by atoms with van der Waals surface area (Å²) >= 11 is 0. The summed E-state index contributed by atoms with van der Waals surface area (Å²) in [6.45, 7) is 12.9. The molecule has 0 spiro atoms. The Morgan fingerprint density at radius 2 is 1.93 bits per heavy atom. The predicted octanol–water partition coefficient (Wildman–Crippen LogP) is 0.935. The summed E-state index contributed by atoms with van der Waals surface area (Å²) in [6, 6.07) is 0.561. The number of hydrogen-bond acceptors (Lipinski definition) is 3. The number of likely N-dealkylation sites (N-methyl/N-ethyl adjacent to an activating group) is 1. The molecule has 0 aromatic heterocycles. The Labute approximate surface area is 88.5 Å². The third kappa shape index (κ3) is 7.30. The molecule has 0 fully saturated rings. The molecule has 0 bridgehead atoms. The van der Waals surface area contributed by atoms with Crippen molar-refractivity contribution in [2.75, 3.05) is 32.8 Å². The van der Waals surface area contributed by atoms with E-state index < -0.39 is 0 Å². The second-order valence-electron chi connectivity index (χ2n) is 4.28. The molecule has 86 valence electrons. The third-order valence-corrected chi connectivity index (χ3v) is 2.31. The van der Waals surface area contributed by atoms with Crippen molar-refractivity contribution < 1.29 is 5.11 Å². The first-order valence-corrected chi connectivity index (χ1v) is 5.66. The van der Waals surface area contributed by atoms with Crippen LogP contribution in [0.15, 0.2) is 0 Å². The van der Waals surface area contributed by atoms with Crippen molar-refractivity contribution in [3.63, 3.8) is 0 Å². The Morgan fingerprint density at radius 3 is 2.36 bits per heavy atom. The lowest BCUT2D eigenvalue weighted by Gasteiger charge is -2.24. The van der Waals surface area contributed by atoms with Gasteiger partial charge in [0.15, 0.2) is 0 Å². The Balaban J connectivity index is 3.61. The Kier molecular flexibility index (Phi) is 8.14. The number of aliphatic hydroxyl groups excluding tert-OH is 1. The minimum atomic E-state index is 0.262. The highest BCUT2D eigenvalue weighted by Crippen LogP contribution is 1.98. The van der Waals surface area contributed by atoms with Gasteiger partial charge in [0.05, 0.1) is 6.61 Å². The number of nitrogens with one attached hydrogen (secondary N) is 1. The molecular weight excluding hydrogens is 176 g/mol. The van der Waals surface area contributed by atoms with Crippen molar-refractivity contribution in [2.24, 2.45) is 5.92 Å². The normalized spacial score (nSPS) is 13.9. The highest BCUT2D eigenvalue weighted by molar-refractivity contribution is 4.65. The van der Waals surface area contributed by atoms with Crippen molar-refractivity contribution in [3.05, 3.63) is 0 Å². The van der Waals surface area contributed by atoms with Crippen molar-refractivity contribution in [1.82, 2.24) is 10.2 Å². The van der Waals surface area contributed by atoms with Crippen molar-refractivity contribution in [3.8, 4) is 0 Å². The van der Waals surface area contributed by atoms with E-state index in [0.717, 1.165) is 26.2 Å². The van der Waals surface area contributed by atoms with Gasteiger partial charge in [0, 0.05) is 19.1 Å². The van der Waals surface area contributed by atoms with E-state index in [-0.39, 0.29) is 6.61 Å². The van der Waals surface area contributed by atoms with Crippen molar-refractivity contribution in [1.29, 1.82) is 0 Å². The van der Waals surface area contributed by atoms with Gasteiger partial charge in [0.1, 0.15) is 0 Å². The van der Waals surface area contributed by atoms with Gasteiger partial charge < -0.3 is 15.3 Å². The largest absolute Gasteiger partial charge is 0.395 e. The first-order valence-electron chi connectivity index (χ1n) is 5.66. The van der Waals surface area contributed by atoms with Crippen LogP contribution in [0.5, 0.6) is 0 Å². The van der Waals surface area contributed by atoms with Gasteiger partial charge in [0.25, 0.3) is 0 Å². The fraction of sp³-hybridized carbons (Fsp3) is 1.00. The maximum absolute atomic E-state index is 8.84. The lowest BCUT2D eigenvalue weighted by atomic mass is 10.1. The molecule has 1 unspecified atom stereocenters. The Hall–Kier alpha value is -0.120. The molecule has 1 atom stereocenters. The van der Waals surface area contributed by atoms with Gasteiger partial charge >= 0.3 is 0 Å². The molecule has 0 rings (SSSR count). The summed E-state index contributed by atoms with van der Waals surface area (Å²) in [5.74, 6) is 0.642. The summed E-state index contributed by atoms with van der Waals surface area (Å²) in [6.07, 6.45) is 0. The molecule has 0 saturated heterocycles. The predicted molar refractivity (Wildman–Crippen MR) is 61.5 cm³/mol. The van der Waals surface area contributed by atoms with Crippen LogP contribution in [0.4, 0.5) is 0 Å². The molecule has 14 heavy (non-hydrogen) atoms. The standard InChI is InChI=1S/C11H26N2O/c1-5-13(6-7-14)9-11(4)8-12-10(2)3/h10-12,14H,5-9H2,1-4H3. The van der Waals surface area contributed by atoms with E-state index in [1.807, 2.05) is 0 Å². The average Bonchev–Trinajstić information content (AvgIpc) is 2.14. The van der Waals surface area contributed by atoms with Crippen LogP contribution in [0.25, 0.3) is 0 Å². The van der Waals surface area contributed by atoms with Crippen molar-refractivity contribution in [2.45, 2.75) is 33.7 Å². The fourth-order valence-corrected chi connectivity index (χ4v) is 1.46. The van der Waals surface area contributed by atoms with Crippen LogP contribution in [0.2, 0.25) is 0 Å². The zero-order chi connectivity index (χ0) is 11.0. The van der Waals surface area contributed by atoms with Gasteiger partial charge in [-0.25, -0.2) is 0 Å². The molecule has 0 aliphatic carbocycles. The zero-order valence-corrected chi connectivity index (χ0v) is 10.1. The highest BCUT2D eigenvalue weighted by Gasteiger charge is 2.08. The molecule has 0 amide bonds. The monoisotopic (exact) mass is 202 g/mol. The number of rotatable bonds is 8. The third-order valence-electron chi connectivity index (χ3n) is 2.31. The van der Waals surface area contributed by atoms with Gasteiger partial charge in [-0.3, -0.25) is 0 Å². The van der Waals surface area contributed by atoms with Crippen LogP contribution in [0, 0.1) is 5.92 Å². The minimum absolute atomic E-state index is 0.262. The van der Waals surface area contributed by atoms with Gasteiger partial charge in [-0.05, 0) is 19.0 Å². The van der Waals surface area contributed by atoms with Gasteiger partial charge in [-0.15, -0.1) is 0 Å². The van der Waals surface area contributed by atoms with Gasteiger partial charge in [-0.1, -0.05) is 27.7 Å². The molecule has 2 N–H and O–H groups in total. The molecule has 0 saturated carbocycles. The molecule has 0 heterocycles. The van der Waals surface area contributed by atoms with E-state index in [1.165, 1.54) is 0 Å². The fourth-order valence-electron chi connectivity index (χ4n) is 1.46. The first-order chi connectivity index (χ1) is 6.60. The quantitative estimate of drug-likeness (QED) is 0.615. The zero-order valence-electron chi connectivity index (χ0n) is 10.1. The first kappa shape index (κ1) is 13.9. The highest BCUT2D eigenvalue weighted by atomic mass is 16.3. The van der Waals surface area contributed by atoms with Crippen LogP contribution in [-0.4, -0.2) is 48.8 Å². The number of nitrogens with zero attached hydrogens (tertiary/aromatic N) is 1. The van der Waals surface area contributed by atoms with E-state index in [1.54, 1.807) is 0 Å². The summed E-state index contributed by atoms with van der Waals surface area (Å²) < 4.78 is 0. The van der Waals surface area contributed by atoms with E-state index in [4.69, 9.17) is 5.11 Å². The number of hydrogen-bond donors (Lipinski definition) is 2. The summed E-state index contributed by atoms with van der Waals surface area (Å²) in [4.78, 5) is 2.28. The molecule has 0 aliphatic heterocycles. The van der Waals surface area contributed by atoms with Crippen LogP contribution in [0.3, 0.4) is 0 Å². The topological polar surface area (TPSA) is 35.5 Å². The van der Waals surface area contributed by atoms with Crippen LogP contribution in [-0.2, 0) is 0 Å². The van der Waals surface area contributed by atoms with Gasteiger partial charge in [-0.2, -0.15) is 0 Å². The SMILES string of the molecule is CCN(CCO)CC(C)CNC(C)C. The molecular formula is C11H26N2O. The molecule has 3 nitrogen and oxygen atoms in total. The molecule has 3 heteroatoms. The van der Waals surface area contributed by atoms with Crippen LogP contribution < -0.4 is 5.32 Å². The summed E-state index contributed by atoms with van der Waals surface area (Å²) in [5, 5.41) is 12.3. The number of aliphatic hydroxyl groups is 1. The second kappa shape index (κ2) is 8.21. The average molecular weight is 202 g/mol. The van der Waals surface area contributed by atoms with E-state index >= 15 is 0 Å². The molecule has 0 radical (unpaired) electrons. The van der Waals surface area contributed by atoms with Crippen LogP contribution >= 0.6 is 0 Å². The second-order valence-corrected chi connectivity index (χ2v) is 4.28. The van der Waals surface area contributed by atoms with E-state index in [2.05, 4.69) is 37.9 Å². The molecule has 0 aromatic rings. The Morgan fingerprint density at radius 1 is 1.29 bits per heavy atom. The smallest absolute Gasteiger partial charge is 0.0558 e.